The van der Waals surface area contributed by atoms with Gasteiger partial charge >= 0.3 is 11.8 Å². The van der Waals surface area contributed by atoms with Crippen molar-refractivity contribution in [1.29, 1.82) is 0 Å². The normalized spacial score (nSPS) is 32.8. The Bertz CT molecular complexity index is 1160. The Balaban J connectivity index is 1.75. The number of ether oxygens (including phenoxy) is 1. The Labute approximate surface area is 235 Å². The summed E-state index contributed by atoms with van der Waals surface area (Å²) in [7, 11) is -2.42. The zero-order valence-corrected chi connectivity index (χ0v) is 26.8. The summed E-state index contributed by atoms with van der Waals surface area (Å²) in [4.78, 5) is 26.1. The van der Waals surface area contributed by atoms with E-state index in [0.717, 1.165) is 29.0 Å². The summed E-state index contributed by atoms with van der Waals surface area (Å²) in [6.07, 6.45) is -3.11. The number of halogens is 1. The standard InChI is InChI=1S/C25H40FN2O6PS2Si/c1-15(2)16-9-11-25(6,18(29)13-16)37-35(36)32-14-17-21(34-38(7,8)24(3,4)5)20(26)22(33-17)28-12-10-19(30)27-23(28)31/h10,12,16-18,20-22,29H,1,9,11,13-14H2,2-8H3/p+1/t16-,17-,18+,20-,21?,22-,25+/m1/s1. The van der Waals surface area contributed by atoms with E-state index in [-0.39, 0.29) is 11.6 Å². The van der Waals surface area contributed by atoms with Crippen LogP contribution in [0.25, 0.3) is 0 Å². The van der Waals surface area contributed by atoms with Crippen molar-refractivity contribution in [2.24, 2.45) is 5.92 Å². The van der Waals surface area contributed by atoms with E-state index in [9.17, 15) is 14.7 Å². The van der Waals surface area contributed by atoms with Crippen molar-refractivity contribution >= 4 is 37.6 Å². The number of aromatic amines is 1. The molecule has 1 saturated carbocycles. The second kappa shape index (κ2) is 12.0. The molecule has 8 nitrogen and oxygen atoms in total. The fourth-order valence-electron chi connectivity index (χ4n) is 4.49. The lowest BCUT2D eigenvalue weighted by Gasteiger charge is -2.39. The minimum Gasteiger partial charge on any atom is -0.408 e. The van der Waals surface area contributed by atoms with Crippen LogP contribution in [0.2, 0.25) is 18.1 Å². The molecular weight excluding hydrogens is 566 g/mol. The van der Waals surface area contributed by atoms with Crippen LogP contribution in [0.5, 0.6) is 0 Å². The van der Waals surface area contributed by atoms with Gasteiger partial charge in [-0.25, -0.2) is 9.18 Å². The number of hydrogen-bond donors (Lipinski definition) is 2. The van der Waals surface area contributed by atoms with E-state index in [1.54, 1.807) is 0 Å². The first-order valence-electron chi connectivity index (χ1n) is 12.9. The monoisotopic (exact) mass is 607 g/mol. The summed E-state index contributed by atoms with van der Waals surface area (Å²) in [5.41, 5.74) is -0.252. The van der Waals surface area contributed by atoms with E-state index in [4.69, 9.17) is 25.5 Å². The molecular formula is C25H41FN2O6PS2Si+. The lowest BCUT2D eigenvalue weighted by Crippen LogP contribution is -2.49. The topological polar surface area (TPSA) is 103 Å². The second-order valence-corrected chi connectivity index (χ2v) is 21.9. The van der Waals surface area contributed by atoms with Gasteiger partial charge in [-0.3, -0.25) is 14.3 Å². The number of hydrogen-bond acceptors (Lipinski definition) is 8. The Morgan fingerprint density at radius 1 is 1.45 bits per heavy atom. The van der Waals surface area contributed by atoms with Gasteiger partial charge in [0.05, 0.1) is 10.9 Å². The van der Waals surface area contributed by atoms with Crippen LogP contribution in [0.3, 0.4) is 0 Å². The van der Waals surface area contributed by atoms with E-state index in [2.05, 4.69) is 32.3 Å². The van der Waals surface area contributed by atoms with E-state index >= 15 is 4.39 Å². The molecule has 1 aromatic heterocycles. The first-order chi connectivity index (χ1) is 17.4. The molecule has 0 radical (unpaired) electrons. The van der Waals surface area contributed by atoms with E-state index in [1.807, 2.05) is 26.9 Å². The van der Waals surface area contributed by atoms with Crippen LogP contribution >= 0.6 is 17.5 Å². The smallest absolute Gasteiger partial charge is 0.408 e. The van der Waals surface area contributed by atoms with Gasteiger partial charge in [0.15, 0.2) is 20.7 Å². The maximum atomic E-state index is 15.9. The molecule has 1 aliphatic carbocycles. The van der Waals surface area contributed by atoms with Crippen molar-refractivity contribution in [2.75, 3.05) is 6.61 Å². The van der Waals surface area contributed by atoms with Crippen molar-refractivity contribution in [1.82, 2.24) is 9.55 Å². The predicted molar refractivity (Wildman–Crippen MR) is 157 cm³/mol. The number of H-pyrrole nitrogens is 1. The molecule has 214 valence electrons. The second-order valence-electron chi connectivity index (χ2n) is 12.1. The fraction of sp³-hybridized carbons (Fsp3) is 0.760. The third-order valence-electron chi connectivity index (χ3n) is 8.16. The van der Waals surface area contributed by atoms with Crippen molar-refractivity contribution in [3.8, 4) is 0 Å². The van der Waals surface area contributed by atoms with Crippen LogP contribution in [0.15, 0.2) is 34.0 Å². The van der Waals surface area contributed by atoms with E-state index < -0.39 is 61.2 Å². The van der Waals surface area contributed by atoms with E-state index in [0.29, 0.717) is 12.3 Å². The van der Waals surface area contributed by atoms with Crippen LogP contribution in [-0.4, -0.2) is 58.8 Å². The maximum Gasteiger partial charge on any atom is 0.415 e. The Hall–Kier alpha value is -0.723. The summed E-state index contributed by atoms with van der Waals surface area (Å²) in [5, 5.41) is 10.7. The van der Waals surface area contributed by atoms with Crippen molar-refractivity contribution in [2.45, 2.75) is 107 Å². The summed E-state index contributed by atoms with van der Waals surface area (Å²) >= 11 is 7.10. The van der Waals surface area contributed by atoms with Crippen LogP contribution in [0, 0.1) is 5.92 Å². The Morgan fingerprint density at radius 2 is 2.11 bits per heavy atom. The molecule has 2 fully saturated rings. The number of aliphatic hydroxyl groups is 1. The van der Waals surface area contributed by atoms with Crippen LogP contribution < -0.4 is 11.2 Å². The van der Waals surface area contributed by atoms with Crippen molar-refractivity contribution < 1.29 is 23.2 Å². The molecule has 13 heteroatoms. The van der Waals surface area contributed by atoms with Gasteiger partial charge in [-0.1, -0.05) is 32.9 Å². The zero-order chi connectivity index (χ0) is 28.6. The van der Waals surface area contributed by atoms with Gasteiger partial charge in [0, 0.05) is 12.3 Å². The minimum absolute atomic E-state index is 0.0168. The lowest BCUT2D eigenvalue weighted by molar-refractivity contribution is -0.0413. The quantitative estimate of drug-likeness (QED) is 0.225. The van der Waals surface area contributed by atoms with Crippen LogP contribution in [0.4, 0.5) is 4.39 Å². The largest absolute Gasteiger partial charge is 0.415 e. The summed E-state index contributed by atoms with van der Waals surface area (Å²) in [5.74, 6) is 0.297. The molecule has 38 heavy (non-hydrogen) atoms. The third kappa shape index (κ3) is 7.12. The molecule has 0 amide bonds. The number of alkyl halides is 1. The van der Waals surface area contributed by atoms with Gasteiger partial charge in [-0.05, 0) is 57.2 Å². The number of allylic oxidation sites excluding steroid dienone is 1. The van der Waals surface area contributed by atoms with Crippen LogP contribution in [0.1, 0.15) is 60.1 Å². The first kappa shape index (κ1) is 31.8. The maximum absolute atomic E-state index is 15.9. The summed E-state index contributed by atoms with van der Waals surface area (Å²) in [6.45, 7) is 18.3. The van der Waals surface area contributed by atoms with Crippen LogP contribution in [-0.2, 0) is 25.5 Å². The molecule has 2 heterocycles. The zero-order valence-electron chi connectivity index (χ0n) is 23.2. The number of nitrogens with one attached hydrogen (secondary N) is 1. The SMILES string of the molecule is C=C(C)[C@@H]1CC[C@](C)(S[P+](=S)OC[C@H]2O[C@@H](n3ccc(=O)[nH]c3=O)[C@H](F)C2O[Si](C)(C)C(C)(C)C)[C@@H](O)C1. The number of aromatic nitrogens is 2. The van der Waals surface area contributed by atoms with Gasteiger partial charge < -0.3 is 14.3 Å². The molecule has 1 saturated heterocycles. The summed E-state index contributed by atoms with van der Waals surface area (Å²) in [6, 6.07) is 1.15. The van der Waals surface area contributed by atoms with Crippen molar-refractivity contribution in [3.63, 3.8) is 0 Å². The van der Waals surface area contributed by atoms with Crippen molar-refractivity contribution in [3.05, 3.63) is 45.3 Å². The minimum atomic E-state index is -2.42. The molecule has 1 aliphatic heterocycles. The highest BCUT2D eigenvalue weighted by molar-refractivity contribution is 8.63. The Kier molecular flexibility index (Phi) is 10.1. The molecule has 0 spiro atoms. The average Bonchev–Trinajstić information content (AvgIpc) is 3.08. The third-order valence-corrected chi connectivity index (χ3v) is 17.0. The molecule has 2 unspecified atom stereocenters. The average molecular weight is 608 g/mol. The molecule has 0 bridgehead atoms. The molecule has 3 rings (SSSR count). The van der Waals surface area contributed by atoms with Gasteiger partial charge in [0.25, 0.3) is 5.56 Å². The number of nitrogens with zero attached hydrogens (tertiary/aromatic N) is 1. The van der Waals surface area contributed by atoms with Gasteiger partial charge in [0.2, 0.25) is 11.8 Å². The van der Waals surface area contributed by atoms with E-state index in [1.165, 1.54) is 17.6 Å². The lowest BCUT2D eigenvalue weighted by atomic mass is 9.77. The molecule has 2 aliphatic rings. The molecule has 8 atom stereocenters. The fourth-order valence-corrected chi connectivity index (χ4v) is 10.6. The highest BCUT2D eigenvalue weighted by Gasteiger charge is 2.53. The molecule has 2 N–H and O–H groups in total. The first-order valence-corrected chi connectivity index (χ1v) is 19.5. The highest BCUT2D eigenvalue weighted by atomic mass is 32.9. The number of rotatable bonds is 9. The predicted octanol–water partition coefficient (Wildman–Crippen LogP) is 5.18. The van der Waals surface area contributed by atoms with Gasteiger partial charge in [0.1, 0.15) is 30.2 Å². The molecule has 0 aromatic carbocycles. The summed E-state index contributed by atoms with van der Waals surface area (Å²) < 4.78 is 35.0. The van der Waals surface area contributed by atoms with Gasteiger partial charge in [-0.15, -0.1) is 0 Å². The highest BCUT2D eigenvalue weighted by Crippen LogP contribution is 2.55. The molecule has 1 aromatic rings. The Morgan fingerprint density at radius 3 is 2.66 bits per heavy atom. The van der Waals surface area contributed by atoms with Gasteiger partial charge in [-0.2, -0.15) is 4.52 Å². The number of aliphatic hydroxyl groups excluding tert-OH is 1.